The number of phenols is 2. The van der Waals surface area contributed by atoms with Gasteiger partial charge in [0.05, 0.1) is 0 Å². The van der Waals surface area contributed by atoms with Crippen LogP contribution in [0.3, 0.4) is 0 Å². The molecular formula is C6H6HfO2. The molecule has 0 saturated heterocycles. The molecule has 1 aromatic rings. The molecule has 3 heteroatoms. The van der Waals surface area contributed by atoms with Crippen LogP contribution in [-0.2, 0) is 25.8 Å². The Balaban J connectivity index is 0.000000640. The summed E-state index contributed by atoms with van der Waals surface area (Å²) in [5.74, 6) is -0.153. The summed E-state index contributed by atoms with van der Waals surface area (Å²) in [5, 5.41) is 17.3. The van der Waals surface area contributed by atoms with Crippen LogP contribution in [0.25, 0.3) is 0 Å². The number of hydrogen-bond acceptors (Lipinski definition) is 2. The Labute approximate surface area is 71.9 Å². The van der Waals surface area contributed by atoms with E-state index < -0.39 is 0 Å². The molecule has 2 N–H and O–H groups in total. The molecule has 2 nitrogen and oxygen atoms in total. The van der Waals surface area contributed by atoms with Crippen LogP contribution in [0.5, 0.6) is 11.5 Å². The van der Waals surface area contributed by atoms with Gasteiger partial charge in [0.15, 0.2) is 11.5 Å². The van der Waals surface area contributed by atoms with Crippen molar-refractivity contribution in [1.82, 2.24) is 0 Å². The zero-order chi connectivity index (χ0) is 5.98. The smallest absolute Gasteiger partial charge is 0.157 e. The second kappa shape index (κ2) is 3.67. The van der Waals surface area contributed by atoms with E-state index in [1.807, 2.05) is 0 Å². The first kappa shape index (κ1) is 8.69. The van der Waals surface area contributed by atoms with Gasteiger partial charge in [0.1, 0.15) is 0 Å². The van der Waals surface area contributed by atoms with Gasteiger partial charge < -0.3 is 10.2 Å². The van der Waals surface area contributed by atoms with Gasteiger partial charge in [0.2, 0.25) is 0 Å². The number of phenolic OH excluding ortho intramolecular Hbond substituents is 2. The van der Waals surface area contributed by atoms with E-state index in [4.69, 9.17) is 10.2 Å². The SMILES string of the molecule is Oc1ccccc1O.[Hf]. The standard InChI is InChI=1S/C6H6O2.Hf/c7-5-3-1-2-4-6(5)8;/h1-4,7-8H;. The van der Waals surface area contributed by atoms with Gasteiger partial charge in [0, 0.05) is 25.8 Å². The van der Waals surface area contributed by atoms with Gasteiger partial charge in [-0.1, -0.05) is 12.1 Å². The van der Waals surface area contributed by atoms with Crippen molar-refractivity contribution in [2.24, 2.45) is 0 Å². The van der Waals surface area contributed by atoms with Crippen LogP contribution >= 0.6 is 0 Å². The topological polar surface area (TPSA) is 40.5 Å². The summed E-state index contributed by atoms with van der Waals surface area (Å²) in [6.07, 6.45) is 0. The molecule has 0 bridgehead atoms. The fourth-order valence-corrected chi connectivity index (χ4v) is 0.464. The van der Waals surface area contributed by atoms with Gasteiger partial charge in [-0.15, -0.1) is 0 Å². The molecule has 0 aliphatic heterocycles. The van der Waals surface area contributed by atoms with E-state index in [-0.39, 0.29) is 37.3 Å². The van der Waals surface area contributed by atoms with Gasteiger partial charge in [0.25, 0.3) is 0 Å². The molecule has 0 fully saturated rings. The Morgan fingerprint density at radius 2 is 1.22 bits per heavy atom. The van der Waals surface area contributed by atoms with Crippen LogP contribution in [0.4, 0.5) is 0 Å². The van der Waals surface area contributed by atoms with E-state index in [2.05, 4.69) is 0 Å². The zero-order valence-corrected chi connectivity index (χ0v) is 8.30. The van der Waals surface area contributed by atoms with Crippen LogP contribution in [0, 0.1) is 0 Å². The second-order valence-corrected chi connectivity index (χ2v) is 1.49. The normalized spacial score (nSPS) is 8.00. The minimum absolute atomic E-state index is 0. The molecule has 0 aliphatic carbocycles. The maximum Gasteiger partial charge on any atom is 0.157 e. The van der Waals surface area contributed by atoms with Gasteiger partial charge in [-0.3, -0.25) is 0 Å². The van der Waals surface area contributed by atoms with Crippen LogP contribution in [-0.4, -0.2) is 10.2 Å². The van der Waals surface area contributed by atoms with Gasteiger partial charge in [-0.05, 0) is 12.1 Å². The van der Waals surface area contributed by atoms with E-state index >= 15 is 0 Å². The number of hydrogen-bond donors (Lipinski definition) is 2. The third-order valence-corrected chi connectivity index (χ3v) is 0.882. The van der Waals surface area contributed by atoms with Crippen LogP contribution in [0.1, 0.15) is 0 Å². The molecular weight excluding hydrogens is 283 g/mol. The Morgan fingerprint density at radius 3 is 1.44 bits per heavy atom. The average molecular weight is 289 g/mol. The van der Waals surface area contributed by atoms with Crippen molar-refractivity contribution in [3.05, 3.63) is 24.3 Å². The first-order valence-corrected chi connectivity index (χ1v) is 2.27. The summed E-state index contributed by atoms with van der Waals surface area (Å²) in [6.45, 7) is 0. The van der Waals surface area contributed by atoms with E-state index in [0.29, 0.717) is 0 Å². The molecule has 9 heavy (non-hydrogen) atoms. The zero-order valence-electron chi connectivity index (χ0n) is 4.70. The summed E-state index contributed by atoms with van der Waals surface area (Å²) in [6, 6.07) is 6.15. The Kier molecular flexibility index (Phi) is 3.54. The molecule has 46 valence electrons. The van der Waals surface area contributed by atoms with Crippen molar-refractivity contribution in [2.45, 2.75) is 0 Å². The average Bonchev–Trinajstić information content (AvgIpc) is 1.77. The van der Waals surface area contributed by atoms with Crippen LogP contribution in [0.15, 0.2) is 24.3 Å². The van der Waals surface area contributed by atoms with Gasteiger partial charge in [-0.25, -0.2) is 0 Å². The first-order valence-electron chi connectivity index (χ1n) is 2.27. The van der Waals surface area contributed by atoms with Gasteiger partial charge >= 0.3 is 0 Å². The predicted octanol–water partition coefficient (Wildman–Crippen LogP) is 1.10. The van der Waals surface area contributed by atoms with Crippen molar-refractivity contribution < 1.29 is 36.1 Å². The number of rotatable bonds is 0. The fraction of sp³-hybridized carbons (Fsp3) is 0. The second-order valence-electron chi connectivity index (χ2n) is 1.49. The summed E-state index contributed by atoms with van der Waals surface area (Å²) in [7, 11) is 0. The largest absolute Gasteiger partial charge is 0.504 e. The molecule has 0 atom stereocenters. The van der Waals surface area contributed by atoms with E-state index in [9.17, 15) is 0 Å². The molecule has 0 heterocycles. The molecule has 0 aliphatic rings. The van der Waals surface area contributed by atoms with Crippen molar-refractivity contribution in [3.63, 3.8) is 0 Å². The molecule has 0 saturated carbocycles. The maximum absolute atomic E-state index is 8.67. The molecule has 0 aromatic heterocycles. The minimum Gasteiger partial charge on any atom is -0.504 e. The van der Waals surface area contributed by atoms with Crippen molar-refractivity contribution in [1.29, 1.82) is 0 Å². The third-order valence-electron chi connectivity index (χ3n) is 0.882. The van der Waals surface area contributed by atoms with E-state index in [1.54, 1.807) is 12.1 Å². The van der Waals surface area contributed by atoms with Crippen LogP contribution in [0.2, 0.25) is 0 Å². The fourth-order valence-electron chi connectivity index (χ4n) is 0.464. The first-order chi connectivity index (χ1) is 3.80. The monoisotopic (exact) mass is 290 g/mol. The summed E-state index contributed by atoms with van der Waals surface area (Å²) in [5.41, 5.74) is 0. The van der Waals surface area contributed by atoms with Crippen molar-refractivity contribution in [3.8, 4) is 11.5 Å². The summed E-state index contributed by atoms with van der Waals surface area (Å²) >= 11 is 0. The number of benzene rings is 1. The molecule has 0 unspecified atom stereocenters. The van der Waals surface area contributed by atoms with E-state index in [1.165, 1.54) is 12.1 Å². The number of aromatic hydroxyl groups is 2. The minimum atomic E-state index is -0.0764. The molecule has 0 amide bonds. The Hall–Kier alpha value is -0.310. The van der Waals surface area contributed by atoms with E-state index in [0.717, 1.165) is 0 Å². The van der Waals surface area contributed by atoms with Crippen molar-refractivity contribution in [2.75, 3.05) is 0 Å². The molecule has 0 spiro atoms. The maximum atomic E-state index is 8.67. The Morgan fingerprint density at radius 1 is 0.889 bits per heavy atom. The number of para-hydroxylation sites is 2. The van der Waals surface area contributed by atoms with Gasteiger partial charge in [-0.2, -0.15) is 0 Å². The summed E-state index contributed by atoms with van der Waals surface area (Å²) < 4.78 is 0. The third kappa shape index (κ3) is 2.18. The summed E-state index contributed by atoms with van der Waals surface area (Å²) in [4.78, 5) is 0. The molecule has 1 aromatic carbocycles. The molecule has 1 rings (SSSR count). The molecule has 0 radical (unpaired) electrons. The quantitative estimate of drug-likeness (QED) is 0.554. The predicted molar refractivity (Wildman–Crippen MR) is 29.8 cm³/mol. The Bertz CT molecular complexity index is 167. The van der Waals surface area contributed by atoms with Crippen molar-refractivity contribution >= 4 is 0 Å². The van der Waals surface area contributed by atoms with Crippen LogP contribution < -0.4 is 0 Å².